The molecular weight excluding hydrogens is 377 g/mol. The van der Waals surface area contributed by atoms with Crippen molar-refractivity contribution in [2.45, 2.75) is 23.9 Å². The standard InChI is InChI=1S/C18H17F3N4OS/c1-22-9-11(17(26)24-12-4-2-3-5-14(12)27)16-23-13(10-6-7-10)8-15(25-16)18(19,20)21/h2-5,8-9,23,25,27H,6-7H2,1H3,(H,24,26)/b16-11+,22-9-. The summed E-state index contributed by atoms with van der Waals surface area (Å²) in [5.74, 6) is -0.681. The topological polar surface area (TPSA) is 65.5 Å². The quantitative estimate of drug-likeness (QED) is 0.360. The molecule has 1 aromatic carbocycles. The minimum atomic E-state index is -4.57. The van der Waals surface area contributed by atoms with Gasteiger partial charge in [-0.15, -0.1) is 12.6 Å². The van der Waals surface area contributed by atoms with E-state index in [1.807, 2.05) is 0 Å². The minimum absolute atomic E-state index is 0.0531. The maximum Gasteiger partial charge on any atom is 0.431 e. The van der Waals surface area contributed by atoms with E-state index in [4.69, 9.17) is 0 Å². The first-order valence-electron chi connectivity index (χ1n) is 8.10. The number of aliphatic imine (C=N–C) groups is 1. The molecule has 1 heterocycles. The van der Waals surface area contributed by atoms with Gasteiger partial charge in [-0.3, -0.25) is 9.79 Å². The second-order valence-electron chi connectivity index (χ2n) is 5.97. The average Bonchev–Trinajstić information content (AvgIpc) is 3.45. The van der Waals surface area contributed by atoms with Gasteiger partial charge in [0.15, 0.2) is 0 Å². The van der Waals surface area contributed by atoms with Crippen LogP contribution in [-0.4, -0.2) is 25.3 Å². The van der Waals surface area contributed by atoms with Gasteiger partial charge in [-0.1, -0.05) is 12.1 Å². The van der Waals surface area contributed by atoms with E-state index in [0.717, 1.165) is 24.5 Å². The molecule has 0 unspecified atom stereocenters. The Labute approximate surface area is 159 Å². The number of alkyl halides is 3. The molecule has 0 spiro atoms. The molecule has 5 nitrogen and oxygen atoms in total. The first-order chi connectivity index (χ1) is 12.8. The number of halogens is 3. The molecule has 27 heavy (non-hydrogen) atoms. The molecule has 0 aromatic heterocycles. The van der Waals surface area contributed by atoms with Crippen LogP contribution >= 0.6 is 12.6 Å². The average molecular weight is 394 g/mol. The van der Waals surface area contributed by atoms with E-state index >= 15 is 0 Å². The normalized spacial score (nSPS) is 18.6. The lowest BCUT2D eigenvalue weighted by Gasteiger charge is -2.25. The van der Waals surface area contributed by atoms with Gasteiger partial charge in [0, 0.05) is 23.9 Å². The van der Waals surface area contributed by atoms with Crippen LogP contribution in [0.4, 0.5) is 18.9 Å². The van der Waals surface area contributed by atoms with E-state index in [2.05, 4.69) is 33.6 Å². The molecular formula is C18H17F3N4OS. The number of thiol groups is 1. The number of benzene rings is 1. The van der Waals surface area contributed by atoms with Crippen molar-refractivity contribution < 1.29 is 18.0 Å². The second-order valence-corrected chi connectivity index (χ2v) is 6.45. The summed E-state index contributed by atoms with van der Waals surface area (Å²) in [5.41, 5.74) is 0.694. The summed E-state index contributed by atoms with van der Waals surface area (Å²) in [6, 6.07) is 6.81. The highest BCUT2D eigenvalue weighted by Gasteiger charge is 2.38. The number of allylic oxidation sites excluding steroid dienone is 3. The fraction of sp³-hybridized carbons (Fsp3) is 0.222. The number of nitrogens with one attached hydrogen (secondary N) is 3. The van der Waals surface area contributed by atoms with Crippen molar-refractivity contribution in [1.82, 2.24) is 10.6 Å². The fourth-order valence-electron chi connectivity index (χ4n) is 2.46. The summed E-state index contributed by atoms with van der Waals surface area (Å²) >= 11 is 4.26. The molecule has 1 fully saturated rings. The van der Waals surface area contributed by atoms with Crippen LogP contribution in [0.25, 0.3) is 0 Å². The largest absolute Gasteiger partial charge is 0.431 e. The Bertz CT molecular complexity index is 894. The van der Waals surface area contributed by atoms with Crippen LogP contribution in [0.3, 0.4) is 0 Å². The molecule has 0 radical (unpaired) electrons. The van der Waals surface area contributed by atoms with Gasteiger partial charge in [0.2, 0.25) is 0 Å². The van der Waals surface area contributed by atoms with Gasteiger partial charge in [-0.25, -0.2) is 0 Å². The van der Waals surface area contributed by atoms with Gasteiger partial charge in [-0.2, -0.15) is 13.2 Å². The second kappa shape index (κ2) is 7.51. The predicted molar refractivity (Wildman–Crippen MR) is 100 cm³/mol. The van der Waals surface area contributed by atoms with Crippen molar-refractivity contribution in [2.24, 2.45) is 4.99 Å². The van der Waals surface area contributed by atoms with E-state index in [-0.39, 0.29) is 11.4 Å². The highest BCUT2D eigenvalue weighted by atomic mass is 32.1. The molecule has 1 aliphatic carbocycles. The third-order valence-corrected chi connectivity index (χ3v) is 4.31. The maximum atomic E-state index is 13.3. The molecule has 9 heteroatoms. The van der Waals surface area contributed by atoms with Crippen LogP contribution in [0, 0.1) is 0 Å². The lowest BCUT2D eigenvalue weighted by Crippen LogP contribution is -2.39. The molecule has 0 atom stereocenters. The summed E-state index contributed by atoms with van der Waals surface area (Å²) < 4.78 is 39.8. The summed E-state index contributed by atoms with van der Waals surface area (Å²) in [6.07, 6.45) is -0.883. The molecule has 3 N–H and O–H groups in total. The Kier molecular flexibility index (Phi) is 5.31. The molecule has 1 aliphatic heterocycles. The Balaban J connectivity index is 1.98. The molecule has 1 saturated carbocycles. The van der Waals surface area contributed by atoms with E-state index in [9.17, 15) is 18.0 Å². The van der Waals surface area contributed by atoms with E-state index in [1.165, 1.54) is 13.3 Å². The zero-order chi connectivity index (χ0) is 19.6. The fourth-order valence-corrected chi connectivity index (χ4v) is 2.68. The number of anilines is 1. The van der Waals surface area contributed by atoms with Crippen molar-refractivity contribution in [3.8, 4) is 0 Å². The van der Waals surface area contributed by atoms with Gasteiger partial charge in [0.25, 0.3) is 5.91 Å². The Morgan fingerprint density at radius 2 is 1.96 bits per heavy atom. The summed E-state index contributed by atoms with van der Waals surface area (Å²) in [5, 5.41) is 7.80. The number of carbonyl (C=O) groups excluding carboxylic acids is 1. The molecule has 1 aromatic rings. The molecule has 2 aliphatic rings. The molecule has 142 valence electrons. The minimum Gasteiger partial charge on any atom is -0.341 e. The number of nitrogens with zero attached hydrogens (tertiary/aromatic N) is 1. The van der Waals surface area contributed by atoms with Crippen molar-refractivity contribution in [3.05, 3.63) is 58.7 Å². The van der Waals surface area contributed by atoms with E-state index < -0.39 is 17.8 Å². The highest BCUT2D eigenvalue weighted by molar-refractivity contribution is 7.80. The Morgan fingerprint density at radius 1 is 1.26 bits per heavy atom. The number of carbonyl (C=O) groups is 1. The smallest absolute Gasteiger partial charge is 0.341 e. The zero-order valence-corrected chi connectivity index (χ0v) is 15.2. The summed E-state index contributed by atoms with van der Waals surface area (Å²) in [4.78, 5) is 17.1. The van der Waals surface area contributed by atoms with Crippen LogP contribution < -0.4 is 16.0 Å². The number of hydrogen-bond donors (Lipinski definition) is 4. The number of rotatable bonds is 3. The van der Waals surface area contributed by atoms with Crippen LogP contribution in [0.2, 0.25) is 0 Å². The summed E-state index contributed by atoms with van der Waals surface area (Å²) in [7, 11) is 1.43. The monoisotopic (exact) mass is 394 g/mol. The van der Waals surface area contributed by atoms with Crippen molar-refractivity contribution in [2.75, 3.05) is 12.4 Å². The first kappa shape index (κ1) is 19.1. The van der Waals surface area contributed by atoms with Crippen LogP contribution in [-0.2, 0) is 4.79 Å². The summed E-state index contributed by atoms with van der Waals surface area (Å²) in [6.45, 7) is 0. The Hall–Kier alpha value is -2.68. The van der Waals surface area contributed by atoms with Gasteiger partial charge in [-0.05, 0) is 36.6 Å². The number of hydrogen-bond acceptors (Lipinski definition) is 5. The third-order valence-electron chi connectivity index (χ3n) is 3.92. The molecule has 3 rings (SSSR count). The Morgan fingerprint density at radius 3 is 2.56 bits per heavy atom. The predicted octanol–water partition coefficient (Wildman–Crippen LogP) is 3.51. The zero-order valence-electron chi connectivity index (χ0n) is 14.3. The molecule has 1 amide bonds. The first-order valence-corrected chi connectivity index (χ1v) is 8.55. The highest BCUT2D eigenvalue weighted by Crippen LogP contribution is 2.35. The van der Waals surface area contributed by atoms with Crippen LogP contribution in [0.5, 0.6) is 0 Å². The SMILES string of the molecule is C/N=C\C(C(=O)Nc1ccccc1S)=C1/NC(C(F)(F)F)=CC(=C2CC2)N1. The van der Waals surface area contributed by atoms with Gasteiger partial charge < -0.3 is 16.0 Å². The van der Waals surface area contributed by atoms with Gasteiger partial charge in [0.05, 0.1) is 11.3 Å². The van der Waals surface area contributed by atoms with Crippen molar-refractivity contribution in [3.63, 3.8) is 0 Å². The van der Waals surface area contributed by atoms with Crippen LogP contribution in [0.15, 0.2) is 68.6 Å². The lowest BCUT2D eigenvalue weighted by molar-refractivity contribution is -0.112. The van der Waals surface area contributed by atoms with E-state index in [0.29, 0.717) is 16.3 Å². The maximum absolute atomic E-state index is 13.3. The number of amides is 1. The van der Waals surface area contributed by atoms with Gasteiger partial charge in [0.1, 0.15) is 11.5 Å². The third kappa shape index (κ3) is 4.54. The van der Waals surface area contributed by atoms with Crippen molar-refractivity contribution >= 4 is 30.4 Å². The molecule has 0 saturated heterocycles. The van der Waals surface area contributed by atoms with Crippen molar-refractivity contribution in [1.29, 1.82) is 0 Å². The molecule has 0 bridgehead atoms. The lowest BCUT2D eigenvalue weighted by atomic mass is 10.1. The number of para-hydroxylation sites is 1. The van der Waals surface area contributed by atoms with E-state index in [1.54, 1.807) is 24.3 Å². The van der Waals surface area contributed by atoms with Gasteiger partial charge >= 0.3 is 6.18 Å². The van der Waals surface area contributed by atoms with Crippen LogP contribution in [0.1, 0.15) is 12.8 Å².